The molecule has 0 aliphatic heterocycles. The van der Waals surface area contributed by atoms with Gasteiger partial charge in [-0.05, 0) is 25.0 Å². The quantitative estimate of drug-likeness (QED) is 0.839. The van der Waals surface area contributed by atoms with Crippen LogP contribution in [0.1, 0.15) is 26.7 Å². The molecule has 1 rings (SSSR count). The van der Waals surface area contributed by atoms with Crippen LogP contribution in [0.3, 0.4) is 0 Å². The van der Waals surface area contributed by atoms with Crippen molar-refractivity contribution in [3.8, 4) is 0 Å². The van der Waals surface area contributed by atoms with Crippen LogP contribution in [0.4, 0.5) is 8.78 Å². The minimum absolute atomic E-state index is 0.192. The molecular weight excluding hydrogens is 288 g/mol. The predicted octanol–water partition coefficient (Wildman–Crippen LogP) is 2.14. The second-order valence-electron chi connectivity index (χ2n) is 4.36. The minimum atomic E-state index is -4.32. The Morgan fingerprint density at radius 2 is 1.70 bits per heavy atom. The smallest absolute Gasteiger partial charge is 0.249 e. The highest BCUT2D eigenvalue weighted by Crippen LogP contribution is 2.25. The average Bonchev–Trinajstić information content (AvgIpc) is 2.38. The van der Waals surface area contributed by atoms with Crippen molar-refractivity contribution in [1.29, 1.82) is 0 Å². The average molecular weight is 307 g/mol. The fraction of sp³-hybridized carbons (Fsp3) is 0.538. The summed E-state index contributed by atoms with van der Waals surface area (Å²) in [6.07, 6.45) is 0.984. The summed E-state index contributed by atoms with van der Waals surface area (Å²) < 4.78 is 53.3. The van der Waals surface area contributed by atoms with Crippen molar-refractivity contribution in [2.75, 3.05) is 13.2 Å². The molecule has 0 saturated heterocycles. The summed E-state index contributed by atoms with van der Waals surface area (Å²) in [7, 11) is -4.32. The minimum Gasteiger partial charge on any atom is -0.395 e. The second-order valence-corrected chi connectivity index (χ2v) is 6.19. The predicted molar refractivity (Wildman–Crippen MR) is 71.7 cm³/mol. The van der Waals surface area contributed by atoms with E-state index in [1.54, 1.807) is 13.8 Å². The Bertz CT molecular complexity index is 524. The van der Waals surface area contributed by atoms with E-state index in [2.05, 4.69) is 0 Å². The molecule has 1 aromatic rings. The van der Waals surface area contributed by atoms with Gasteiger partial charge in [0.25, 0.3) is 0 Å². The molecular formula is C13H19F2NO3S. The molecule has 0 saturated carbocycles. The van der Waals surface area contributed by atoms with Crippen LogP contribution in [0.5, 0.6) is 0 Å². The van der Waals surface area contributed by atoms with E-state index in [1.807, 2.05) is 0 Å². The Morgan fingerprint density at radius 1 is 1.20 bits per heavy atom. The molecule has 0 amide bonds. The summed E-state index contributed by atoms with van der Waals surface area (Å²) in [4.78, 5) is -0.958. The van der Waals surface area contributed by atoms with Gasteiger partial charge >= 0.3 is 0 Å². The highest BCUT2D eigenvalue weighted by molar-refractivity contribution is 7.89. The van der Waals surface area contributed by atoms with Crippen molar-refractivity contribution >= 4 is 10.0 Å². The SMILES string of the molecule is CCC(CC)N(CCO)S(=O)(=O)c1c(F)cccc1F. The van der Waals surface area contributed by atoms with Gasteiger partial charge in [0.15, 0.2) is 4.90 Å². The number of nitrogens with zero attached hydrogens (tertiary/aromatic N) is 1. The maximum absolute atomic E-state index is 13.7. The number of sulfonamides is 1. The van der Waals surface area contributed by atoms with Gasteiger partial charge < -0.3 is 5.11 Å². The fourth-order valence-corrected chi connectivity index (χ4v) is 4.02. The maximum atomic E-state index is 13.7. The van der Waals surface area contributed by atoms with Crippen LogP contribution in [-0.4, -0.2) is 37.0 Å². The number of hydrogen-bond donors (Lipinski definition) is 1. The van der Waals surface area contributed by atoms with Gasteiger partial charge in [0.1, 0.15) is 11.6 Å². The van der Waals surface area contributed by atoms with Crippen LogP contribution in [0.25, 0.3) is 0 Å². The molecule has 0 unspecified atom stereocenters. The molecule has 4 nitrogen and oxygen atoms in total. The molecule has 0 bridgehead atoms. The Labute approximate surface area is 118 Å². The van der Waals surface area contributed by atoms with E-state index < -0.39 is 39.2 Å². The third-order valence-corrected chi connectivity index (χ3v) is 5.16. The van der Waals surface area contributed by atoms with Crippen LogP contribution >= 0.6 is 0 Å². The molecule has 0 aliphatic rings. The lowest BCUT2D eigenvalue weighted by Gasteiger charge is -2.29. The van der Waals surface area contributed by atoms with E-state index in [0.29, 0.717) is 12.8 Å². The standard InChI is InChI=1S/C13H19F2NO3S/c1-3-10(4-2)16(8-9-17)20(18,19)13-11(14)6-5-7-12(13)15/h5-7,10,17H,3-4,8-9H2,1-2H3. The largest absolute Gasteiger partial charge is 0.395 e. The molecule has 1 N–H and O–H groups in total. The van der Waals surface area contributed by atoms with Gasteiger partial charge in [0.05, 0.1) is 6.61 Å². The first-order chi connectivity index (χ1) is 9.39. The van der Waals surface area contributed by atoms with E-state index in [1.165, 1.54) is 0 Å². The lowest BCUT2D eigenvalue weighted by Crippen LogP contribution is -2.42. The van der Waals surface area contributed by atoms with Gasteiger partial charge in [0, 0.05) is 12.6 Å². The number of rotatable bonds is 7. The number of aliphatic hydroxyl groups excluding tert-OH is 1. The van der Waals surface area contributed by atoms with Crippen LogP contribution in [-0.2, 0) is 10.0 Å². The number of hydrogen-bond acceptors (Lipinski definition) is 3. The van der Waals surface area contributed by atoms with E-state index in [-0.39, 0.29) is 6.54 Å². The summed E-state index contributed by atoms with van der Waals surface area (Å²) in [5, 5.41) is 9.03. The monoisotopic (exact) mass is 307 g/mol. The van der Waals surface area contributed by atoms with E-state index in [0.717, 1.165) is 22.5 Å². The van der Waals surface area contributed by atoms with Crippen LogP contribution < -0.4 is 0 Å². The summed E-state index contributed by atoms with van der Waals surface area (Å²) in [6.45, 7) is 2.96. The van der Waals surface area contributed by atoms with E-state index >= 15 is 0 Å². The van der Waals surface area contributed by atoms with Gasteiger partial charge in [-0.15, -0.1) is 0 Å². The zero-order valence-electron chi connectivity index (χ0n) is 11.5. The van der Waals surface area contributed by atoms with Crippen molar-refractivity contribution in [3.05, 3.63) is 29.8 Å². The second kappa shape index (κ2) is 7.10. The molecule has 0 spiro atoms. The lowest BCUT2D eigenvalue weighted by atomic mass is 10.2. The molecule has 0 heterocycles. The number of halogens is 2. The van der Waals surface area contributed by atoms with Gasteiger partial charge in [-0.25, -0.2) is 17.2 Å². The molecule has 0 aromatic heterocycles. The third kappa shape index (κ3) is 3.34. The molecule has 0 fully saturated rings. The van der Waals surface area contributed by atoms with Crippen molar-refractivity contribution in [2.24, 2.45) is 0 Å². The van der Waals surface area contributed by atoms with Crippen molar-refractivity contribution in [3.63, 3.8) is 0 Å². The first-order valence-corrected chi connectivity index (χ1v) is 7.90. The van der Waals surface area contributed by atoms with Crippen molar-refractivity contribution in [2.45, 2.75) is 37.6 Å². The third-order valence-electron chi connectivity index (χ3n) is 3.16. The van der Waals surface area contributed by atoms with Gasteiger partial charge in [0.2, 0.25) is 10.0 Å². The topological polar surface area (TPSA) is 57.6 Å². The summed E-state index contributed by atoms with van der Waals surface area (Å²) in [6, 6.07) is 2.50. The Morgan fingerprint density at radius 3 is 2.10 bits per heavy atom. The van der Waals surface area contributed by atoms with E-state index in [4.69, 9.17) is 5.11 Å². The number of aliphatic hydroxyl groups is 1. The molecule has 0 aliphatic carbocycles. The first-order valence-electron chi connectivity index (χ1n) is 6.46. The summed E-state index contributed by atoms with van der Waals surface area (Å²) in [5.41, 5.74) is 0. The van der Waals surface area contributed by atoms with Crippen molar-refractivity contribution < 1.29 is 22.3 Å². The van der Waals surface area contributed by atoms with Crippen LogP contribution in [0.15, 0.2) is 23.1 Å². The van der Waals surface area contributed by atoms with Crippen LogP contribution in [0, 0.1) is 11.6 Å². The highest BCUT2D eigenvalue weighted by atomic mass is 32.2. The summed E-state index contributed by atoms with van der Waals surface area (Å²) in [5.74, 6) is -2.25. The Kier molecular flexibility index (Phi) is 6.04. The molecule has 114 valence electrons. The fourth-order valence-electron chi connectivity index (χ4n) is 2.14. The van der Waals surface area contributed by atoms with Crippen LogP contribution in [0.2, 0.25) is 0 Å². The molecule has 7 heteroatoms. The maximum Gasteiger partial charge on any atom is 0.249 e. The number of benzene rings is 1. The van der Waals surface area contributed by atoms with Crippen molar-refractivity contribution in [1.82, 2.24) is 4.31 Å². The van der Waals surface area contributed by atoms with Gasteiger partial charge in [-0.3, -0.25) is 0 Å². The molecule has 0 radical (unpaired) electrons. The van der Waals surface area contributed by atoms with Gasteiger partial charge in [-0.2, -0.15) is 4.31 Å². The normalized spacial score (nSPS) is 12.3. The molecule has 1 aromatic carbocycles. The van der Waals surface area contributed by atoms with E-state index in [9.17, 15) is 17.2 Å². The Balaban J connectivity index is 3.37. The zero-order valence-corrected chi connectivity index (χ0v) is 12.3. The highest BCUT2D eigenvalue weighted by Gasteiger charge is 2.33. The lowest BCUT2D eigenvalue weighted by molar-refractivity contribution is 0.219. The molecule has 20 heavy (non-hydrogen) atoms. The first kappa shape index (κ1) is 17.0. The molecule has 0 atom stereocenters. The van der Waals surface area contributed by atoms with Gasteiger partial charge in [-0.1, -0.05) is 19.9 Å². The summed E-state index contributed by atoms with van der Waals surface area (Å²) >= 11 is 0. The zero-order chi connectivity index (χ0) is 15.3. The Hall–Kier alpha value is -1.05.